The number of alkyl halides is 9. The van der Waals surface area contributed by atoms with Crippen LogP contribution in [0.4, 0.5) is 39.5 Å². The Morgan fingerprint density at radius 2 is 1.24 bits per heavy atom. The van der Waals surface area contributed by atoms with Crippen LogP contribution in [0.15, 0.2) is 22.0 Å². The number of hydrogen-bond donors (Lipinski definition) is 0. The largest absolute Gasteiger partial charge is 0.434 e. The summed E-state index contributed by atoms with van der Waals surface area (Å²) in [5.41, 5.74) is -7.25. The first-order valence-electron chi connectivity index (χ1n) is 3.68. The summed E-state index contributed by atoms with van der Waals surface area (Å²) >= 11 is 0. The second-order valence-corrected chi connectivity index (χ2v) is 2.99. The van der Waals surface area contributed by atoms with E-state index in [1.54, 1.807) is 5.11 Å². The molecule has 1 heterocycles. The van der Waals surface area contributed by atoms with Crippen molar-refractivity contribution in [3.63, 3.8) is 0 Å². The fraction of sp³-hybridized carbons (Fsp3) is 0.667. The molecule has 2 nitrogen and oxygen atoms in total. The normalized spacial score (nSPS) is 20.6. The van der Waals surface area contributed by atoms with Crippen LogP contribution in [0.3, 0.4) is 0 Å². The van der Waals surface area contributed by atoms with Crippen molar-refractivity contribution >= 4 is 0 Å². The minimum Gasteiger partial charge on any atom is -0.167 e. The van der Waals surface area contributed by atoms with E-state index in [4.69, 9.17) is 0 Å². The summed E-state index contributed by atoms with van der Waals surface area (Å²) in [6, 6.07) is 0. The molecule has 0 spiro atoms. The van der Waals surface area contributed by atoms with E-state index >= 15 is 0 Å². The predicted molar refractivity (Wildman–Crippen MR) is 33.8 cm³/mol. The molecule has 0 unspecified atom stereocenters. The third kappa shape index (κ3) is 2.09. The van der Waals surface area contributed by atoms with Gasteiger partial charge in [-0.15, -0.1) is 5.11 Å². The lowest BCUT2D eigenvalue weighted by Gasteiger charge is -2.27. The van der Waals surface area contributed by atoms with Gasteiger partial charge in [0, 0.05) is 0 Å². The molecule has 1 aliphatic rings. The quantitative estimate of drug-likeness (QED) is 0.600. The Hall–Kier alpha value is -1.29. The smallest absolute Gasteiger partial charge is 0.167 e. The zero-order chi connectivity index (χ0) is 13.7. The molecular weight excluding hydrogens is 271 g/mol. The van der Waals surface area contributed by atoms with E-state index in [2.05, 4.69) is 0 Å². The standard InChI is InChI=1S/C6HF9N2/c7-4(8,9)2-1-3(17-16-2,5(10,11)12)6(13,14)15/h1H. The lowest BCUT2D eigenvalue weighted by molar-refractivity contribution is -0.278. The molecular formula is C6HF9N2. The fourth-order valence-corrected chi connectivity index (χ4v) is 0.965. The van der Waals surface area contributed by atoms with Gasteiger partial charge in [0.25, 0.3) is 5.54 Å². The van der Waals surface area contributed by atoms with Crippen LogP contribution in [0, 0.1) is 0 Å². The lowest BCUT2D eigenvalue weighted by Crippen LogP contribution is -2.53. The molecule has 0 saturated heterocycles. The molecule has 0 saturated carbocycles. The predicted octanol–water partition coefficient (Wildman–Crippen LogP) is 3.76. The van der Waals surface area contributed by atoms with Gasteiger partial charge in [-0.25, -0.2) is 0 Å². The van der Waals surface area contributed by atoms with Crippen LogP contribution >= 0.6 is 0 Å². The maximum absolute atomic E-state index is 12.2. The molecule has 0 amide bonds. The van der Waals surface area contributed by atoms with Crippen molar-refractivity contribution in [2.75, 3.05) is 0 Å². The van der Waals surface area contributed by atoms with Crippen molar-refractivity contribution < 1.29 is 39.5 Å². The first kappa shape index (κ1) is 13.8. The molecule has 0 aliphatic carbocycles. The van der Waals surface area contributed by atoms with Crippen LogP contribution in [0.2, 0.25) is 0 Å². The average Bonchev–Trinajstić information content (AvgIpc) is 2.43. The number of azo groups is 1. The zero-order valence-corrected chi connectivity index (χ0v) is 7.37. The van der Waals surface area contributed by atoms with Gasteiger partial charge in [-0.05, 0) is 6.08 Å². The highest BCUT2D eigenvalue weighted by Crippen LogP contribution is 2.51. The summed E-state index contributed by atoms with van der Waals surface area (Å²) in [5, 5.41) is 3.63. The number of rotatable bonds is 0. The highest BCUT2D eigenvalue weighted by molar-refractivity contribution is 5.27. The van der Waals surface area contributed by atoms with Crippen molar-refractivity contribution in [2.45, 2.75) is 24.1 Å². The molecule has 1 aliphatic heterocycles. The number of nitrogens with zero attached hydrogens (tertiary/aromatic N) is 2. The van der Waals surface area contributed by atoms with E-state index < -0.39 is 35.8 Å². The Kier molecular flexibility index (Phi) is 2.72. The summed E-state index contributed by atoms with van der Waals surface area (Å²) in [5.74, 6) is 0. The van der Waals surface area contributed by atoms with Crippen molar-refractivity contribution in [1.29, 1.82) is 0 Å². The van der Waals surface area contributed by atoms with E-state index in [0.717, 1.165) is 0 Å². The van der Waals surface area contributed by atoms with Gasteiger partial charge in [0.2, 0.25) is 0 Å². The van der Waals surface area contributed by atoms with Gasteiger partial charge >= 0.3 is 18.5 Å². The Morgan fingerprint density at radius 1 is 0.824 bits per heavy atom. The molecule has 98 valence electrons. The van der Waals surface area contributed by atoms with Gasteiger partial charge in [0.15, 0.2) is 5.70 Å². The molecule has 17 heavy (non-hydrogen) atoms. The second-order valence-electron chi connectivity index (χ2n) is 2.99. The highest BCUT2D eigenvalue weighted by atomic mass is 19.4. The molecule has 1 rings (SSSR count). The molecule has 0 N–H and O–H groups in total. The molecule has 0 aromatic rings. The summed E-state index contributed by atoms with van der Waals surface area (Å²) < 4.78 is 109. The Bertz CT molecular complexity index is 354. The van der Waals surface area contributed by atoms with Crippen LogP contribution in [0.5, 0.6) is 0 Å². The summed E-state index contributed by atoms with van der Waals surface area (Å²) in [4.78, 5) is 0. The highest BCUT2D eigenvalue weighted by Gasteiger charge is 2.73. The van der Waals surface area contributed by atoms with Crippen LogP contribution in [0.25, 0.3) is 0 Å². The van der Waals surface area contributed by atoms with Crippen molar-refractivity contribution in [3.05, 3.63) is 11.8 Å². The topological polar surface area (TPSA) is 24.7 Å². The van der Waals surface area contributed by atoms with Crippen molar-refractivity contribution in [1.82, 2.24) is 0 Å². The SMILES string of the molecule is FC(F)(F)C1=CC(C(F)(F)F)(C(F)(F)F)N=N1. The Morgan fingerprint density at radius 3 is 1.41 bits per heavy atom. The first-order valence-corrected chi connectivity index (χ1v) is 3.68. The molecule has 0 fully saturated rings. The number of halogens is 9. The monoisotopic (exact) mass is 272 g/mol. The van der Waals surface area contributed by atoms with E-state index in [1.165, 1.54) is 0 Å². The van der Waals surface area contributed by atoms with Crippen molar-refractivity contribution in [2.24, 2.45) is 10.2 Å². The van der Waals surface area contributed by atoms with Gasteiger partial charge in [0.05, 0.1) is 0 Å². The van der Waals surface area contributed by atoms with Gasteiger partial charge in [-0.3, -0.25) is 0 Å². The van der Waals surface area contributed by atoms with Crippen LogP contribution < -0.4 is 0 Å². The molecule has 0 radical (unpaired) electrons. The van der Waals surface area contributed by atoms with Gasteiger partial charge in [-0.1, -0.05) is 0 Å². The third-order valence-electron chi connectivity index (χ3n) is 1.82. The number of hydrogen-bond acceptors (Lipinski definition) is 2. The second kappa shape index (κ2) is 3.35. The Balaban J connectivity index is 3.36. The van der Waals surface area contributed by atoms with Gasteiger partial charge in [-0.2, -0.15) is 44.6 Å². The minimum absolute atomic E-state index is 1.08. The van der Waals surface area contributed by atoms with E-state index in [1.807, 2.05) is 5.11 Å². The lowest BCUT2D eigenvalue weighted by atomic mass is 9.98. The number of allylic oxidation sites excluding steroid dienone is 1. The van der Waals surface area contributed by atoms with Crippen LogP contribution in [-0.2, 0) is 0 Å². The Labute approximate surface area is 86.8 Å². The average molecular weight is 272 g/mol. The molecule has 0 aromatic heterocycles. The summed E-state index contributed by atoms with van der Waals surface area (Å²) in [6.45, 7) is 0. The fourth-order valence-electron chi connectivity index (χ4n) is 0.965. The van der Waals surface area contributed by atoms with Gasteiger partial charge < -0.3 is 0 Å². The maximum Gasteiger partial charge on any atom is 0.434 e. The molecule has 0 aromatic carbocycles. The zero-order valence-electron chi connectivity index (χ0n) is 7.37. The molecule has 0 atom stereocenters. The summed E-state index contributed by atoms with van der Waals surface area (Å²) in [7, 11) is 0. The molecule has 11 heteroatoms. The van der Waals surface area contributed by atoms with E-state index in [-0.39, 0.29) is 0 Å². The third-order valence-corrected chi connectivity index (χ3v) is 1.82. The maximum atomic E-state index is 12.2. The van der Waals surface area contributed by atoms with Crippen LogP contribution in [0.1, 0.15) is 0 Å². The van der Waals surface area contributed by atoms with Crippen molar-refractivity contribution in [3.8, 4) is 0 Å². The van der Waals surface area contributed by atoms with E-state index in [9.17, 15) is 39.5 Å². The first-order chi connectivity index (χ1) is 7.31. The summed E-state index contributed by atoms with van der Waals surface area (Å²) in [6.07, 6.45) is -18.6. The van der Waals surface area contributed by atoms with E-state index in [0.29, 0.717) is 0 Å². The van der Waals surface area contributed by atoms with Crippen LogP contribution in [-0.4, -0.2) is 24.1 Å². The van der Waals surface area contributed by atoms with Gasteiger partial charge in [0.1, 0.15) is 0 Å². The minimum atomic E-state index is -6.05. The molecule has 0 bridgehead atoms.